The van der Waals surface area contributed by atoms with E-state index in [1.807, 2.05) is 48.7 Å². The Kier molecular flexibility index (Phi) is 12.5. The summed E-state index contributed by atoms with van der Waals surface area (Å²) in [5.41, 5.74) is 2.97. The van der Waals surface area contributed by atoms with Gasteiger partial charge in [-0.1, -0.05) is 66.8 Å². The Bertz CT molecular complexity index is 2490. The largest absolute Gasteiger partial charge is 0.497 e. The molecule has 0 bridgehead atoms. The van der Waals surface area contributed by atoms with Crippen molar-refractivity contribution in [2.45, 2.75) is 38.0 Å². The summed E-state index contributed by atoms with van der Waals surface area (Å²) in [6, 6.07) is 35.3. The molecule has 0 fully saturated rings. The number of fused-ring (bicyclic) bond motifs is 1. The topological polar surface area (TPSA) is 168 Å². The Balaban J connectivity index is 1.11. The molecule has 1 aliphatic rings. The minimum Gasteiger partial charge on any atom is -0.497 e. The number of aliphatic hydroxyl groups is 2. The molecule has 13 heteroatoms. The molecule has 1 unspecified atom stereocenters. The maximum absolute atomic E-state index is 14.5. The van der Waals surface area contributed by atoms with Crippen LogP contribution in [-0.4, -0.2) is 63.8 Å². The van der Waals surface area contributed by atoms with E-state index in [1.54, 1.807) is 117 Å². The van der Waals surface area contributed by atoms with Gasteiger partial charge in [-0.25, -0.2) is 0 Å². The summed E-state index contributed by atoms with van der Waals surface area (Å²) in [5.74, 6) is -0.941. The van der Waals surface area contributed by atoms with Crippen LogP contribution >= 0.6 is 0 Å². The fourth-order valence-corrected chi connectivity index (χ4v) is 7.29. The molecule has 13 nitrogen and oxygen atoms in total. The number of aryl methyl sites for hydroxylation is 1. The van der Waals surface area contributed by atoms with Crippen LogP contribution in [0.4, 0.5) is 17.1 Å². The van der Waals surface area contributed by atoms with E-state index in [-0.39, 0.29) is 30.9 Å². The molecule has 60 heavy (non-hydrogen) atoms. The molecule has 5 aromatic carbocycles. The van der Waals surface area contributed by atoms with E-state index in [2.05, 4.69) is 20.9 Å². The Morgan fingerprint density at radius 3 is 2.07 bits per heavy atom. The van der Waals surface area contributed by atoms with Crippen molar-refractivity contribution in [1.82, 2.24) is 15.0 Å². The summed E-state index contributed by atoms with van der Waals surface area (Å²) in [5, 5.41) is 37.0. The number of hydrogen-bond acceptors (Lipinski definition) is 9. The van der Waals surface area contributed by atoms with E-state index >= 15 is 0 Å². The number of nitrogens with one attached hydrogen (secondary N) is 2. The maximum Gasteiger partial charge on any atom is 0.264 e. The second kappa shape index (κ2) is 18.2. The number of nitrogens with zero attached hydrogens (tertiary/aromatic N) is 4. The van der Waals surface area contributed by atoms with Crippen LogP contribution in [0.1, 0.15) is 62.4 Å². The lowest BCUT2D eigenvalue weighted by molar-refractivity contribution is -0.139. The third kappa shape index (κ3) is 8.82. The maximum atomic E-state index is 14.5. The highest BCUT2D eigenvalue weighted by atomic mass is 16.5. The summed E-state index contributed by atoms with van der Waals surface area (Å²) >= 11 is 0. The molecule has 0 spiro atoms. The molecule has 1 aliphatic heterocycles. The average molecular weight is 807 g/mol. The van der Waals surface area contributed by atoms with Crippen molar-refractivity contribution >= 4 is 34.8 Å². The molecule has 1 aromatic heterocycles. The molecule has 0 saturated carbocycles. The Labute approximate surface area is 347 Å². The van der Waals surface area contributed by atoms with E-state index in [4.69, 9.17) is 9.47 Å². The number of benzene rings is 5. The van der Waals surface area contributed by atoms with Crippen LogP contribution in [0, 0.1) is 5.92 Å². The van der Waals surface area contributed by atoms with E-state index in [0.717, 1.165) is 5.56 Å². The van der Waals surface area contributed by atoms with Crippen LogP contribution in [0.5, 0.6) is 11.5 Å². The van der Waals surface area contributed by atoms with Crippen LogP contribution in [0.15, 0.2) is 140 Å². The van der Waals surface area contributed by atoms with Gasteiger partial charge in [0.25, 0.3) is 17.7 Å². The van der Waals surface area contributed by atoms with Crippen LogP contribution < -0.4 is 25.0 Å². The summed E-state index contributed by atoms with van der Waals surface area (Å²) in [6.45, 7) is 2.25. The molecule has 0 saturated heterocycles. The molecule has 306 valence electrons. The molecule has 4 N–H and O–H groups in total. The molecule has 3 amide bonds. The highest BCUT2D eigenvalue weighted by molar-refractivity contribution is 6.09. The van der Waals surface area contributed by atoms with Gasteiger partial charge in [-0.05, 0) is 96.4 Å². The number of allylic oxidation sites excluding steroid dienone is 1. The summed E-state index contributed by atoms with van der Waals surface area (Å²) in [7, 11) is 3.11. The number of hydrogen-bond donors (Lipinski definition) is 4. The molecule has 6 aromatic rings. The van der Waals surface area contributed by atoms with E-state index in [1.165, 1.54) is 4.90 Å². The smallest absolute Gasteiger partial charge is 0.264 e. The number of aromatic nitrogens is 3. The minimum atomic E-state index is -1.99. The lowest BCUT2D eigenvalue weighted by atomic mass is 9.82. The number of amides is 3. The first-order valence-corrected chi connectivity index (χ1v) is 19.5. The lowest BCUT2D eigenvalue weighted by Crippen LogP contribution is -2.44. The highest BCUT2D eigenvalue weighted by Gasteiger charge is 2.52. The van der Waals surface area contributed by atoms with Crippen LogP contribution in [0.25, 0.3) is 0 Å². The van der Waals surface area contributed by atoms with Gasteiger partial charge in [0.05, 0.1) is 44.7 Å². The Hall–Kier alpha value is -7.09. The Morgan fingerprint density at radius 2 is 1.45 bits per heavy atom. The van der Waals surface area contributed by atoms with Crippen molar-refractivity contribution in [3.05, 3.63) is 173 Å². The van der Waals surface area contributed by atoms with Crippen molar-refractivity contribution in [3.63, 3.8) is 0 Å². The van der Waals surface area contributed by atoms with Gasteiger partial charge in [0, 0.05) is 46.7 Å². The van der Waals surface area contributed by atoms with Crippen molar-refractivity contribution in [1.29, 1.82) is 0 Å². The number of carbonyl (C=O) groups excluding carboxylic acids is 3. The zero-order valence-corrected chi connectivity index (χ0v) is 33.5. The first kappa shape index (κ1) is 41.1. The molecule has 2 heterocycles. The van der Waals surface area contributed by atoms with Crippen molar-refractivity contribution in [3.8, 4) is 11.5 Å². The van der Waals surface area contributed by atoms with Crippen molar-refractivity contribution in [2.75, 3.05) is 36.4 Å². The van der Waals surface area contributed by atoms with E-state index in [9.17, 15) is 24.6 Å². The zero-order chi connectivity index (χ0) is 42.2. The standard InChI is InChI=1S/C47H46N6O7/c1-31(10-7-8-25-52-29-42(50-51-52)40(30-54)33-12-5-4-6-13-33)47(58)41-27-37(49-45(56)35-17-22-39(60-3)23-18-35)19-24-43(41)53(46(47)57)28-32-11-9-14-36(26-32)48-44(55)34-15-20-38(59-2)21-16-34/h4-7,9-24,26-27,29,31,40,54,58H,8,25,28,30H2,1-3H3,(H,48,55)(H,49,56)/b10-7+/t31-,40?,47+/m1/s1. The number of rotatable bonds is 16. The van der Waals surface area contributed by atoms with Gasteiger partial charge in [-0.3, -0.25) is 19.1 Å². The lowest BCUT2D eigenvalue weighted by Gasteiger charge is -2.28. The van der Waals surface area contributed by atoms with Crippen molar-refractivity contribution in [2.24, 2.45) is 5.92 Å². The molecular formula is C47H46N6O7. The Morgan fingerprint density at radius 1 is 0.817 bits per heavy atom. The van der Waals surface area contributed by atoms with Crippen LogP contribution in [0.3, 0.4) is 0 Å². The molecule has 0 radical (unpaired) electrons. The first-order chi connectivity index (χ1) is 29.1. The predicted molar refractivity (Wildman–Crippen MR) is 228 cm³/mol. The molecule has 3 atom stereocenters. The molecular weight excluding hydrogens is 761 g/mol. The van der Waals surface area contributed by atoms with E-state index in [0.29, 0.717) is 69.5 Å². The third-order valence-electron chi connectivity index (χ3n) is 10.7. The number of anilines is 3. The fraction of sp³-hybridized carbons (Fsp3) is 0.213. The van der Waals surface area contributed by atoms with Gasteiger partial charge in [-0.15, -0.1) is 5.10 Å². The number of methoxy groups -OCH3 is 2. The van der Waals surface area contributed by atoms with E-state index < -0.39 is 17.4 Å². The average Bonchev–Trinajstić information content (AvgIpc) is 3.83. The normalized spacial score (nSPS) is 15.7. The highest BCUT2D eigenvalue weighted by Crippen LogP contribution is 2.47. The zero-order valence-electron chi connectivity index (χ0n) is 33.5. The predicted octanol–water partition coefficient (Wildman–Crippen LogP) is 6.94. The molecule has 7 rings (SSSR count). The second-order valence-corrected chi connectivity index (χ2v) is 14.5. The summed E-state index contributed by atoms with van der Waals surface area (Å²) < 4.78 is 12.1. The van der Waals surface area contributed by atoms with Crippen LogP contribution in [0.2, 0.25) is 0 Å². The van der Waals surface area contributed by atoms with Gasteiger partial charge in [0.2, 0.25) is 0 Å². The SMILES string of the molecule is COc1ccc(C(=O)Nc2cccc(CN3C(=O)[C@](O)([C@H](C)/C=C/CCn4cc(C(CO)c5ccccc5)nn4)c4cc(NC(=O)c5ccc(OC)cc5)ccc43)c2)cc1. The number of ether oxygens (including phenoxy) is 2. The number of carbonyl (C=O) groups is 3. The third-order valence-corrected chi connectivity index (χ3v) is 10.7. The van der Waals surface area contributed by atoms with Crippen molar-refractivity contribution < 1.29 is 34.1 Å². The summed E-state index contributed by atoms with van der Waals surface area (Å²) in [6.07, 6.45) is 6.04. The fourth-order valence-electron chi connectivity index (χ4n) is 7.29. The second-order valence-electron chi connectivity index (χ2n) is 14.5. The van der Waals surface area contributed by atoms with Gasteiger partial charge < -0.3 is 35.2 Å². The monoisotopic (exact) mass is 806 g/mol. The first-order valence-electron chi connectivity index (χ1n) is 19.5. The van der Waals surface area contributed by atoms with Gasteiger partial charge in [0.15, 0.2) is 5.60 Å². The quantitative estimate of drug-likeness (QED) is 0.0758. The van der Waals surface area contributed by atoms with Gasteiger partial charge in [-0.2, -0.15) is 0 Å². The van der Waals surface area contributed by atoms with Gasteiger partial charge in [0.1, 0.15) is 11.5 Å². The number of aliphatic hydroxyl groups excluding tert-OH is 1. The summed E-state index contributed by atoms with van der Waals surface area (Å²) in [4.78, 5) is 42.4. The van der Waals surface area contributed by atoms with Gasteiger partial charge >= 0.3 is 0 Å². The minimum absolute atomic E-state index is 0.0980. The molecule has 0 aliphatic carbocycles. The van der Waals surface area contributed by atoms with Crippen LogP contribution in [-0.2, 0) is 23.5 Å².